The molecule has 0 aromatic rings. The van der Waals surface area contributed by atoms with Crippen LogP contribution in [-0.4, -0.2) is 36.5 Å². The van der Waals surface area contributed by atoms with E-state index < -0.39 is 0 Å². The molecule has 0 radical (unpaired) electrons. The second-order valence-corrected chi connectivity index (χ2v) is 6.24. The van der Waals surface area contributed by atoms with Gasteiger partial charge in [-0.2, -0.15) is 11.8 Å². The van der Waals surface area contributed by atoms with Gasteiger partial charge in [0.2, 0.25) is 5.91 Å². The molecule has 1 fully saturated rings. The SMILES string of the molecule is CCSCC(C)NC(=O)C1(CC)CCNCC1. The Kier molecular flexibility index (Phi) is 6.34. The van der Waals surface area contributed by atoms with E-state index >= 15 is 0 Å². The molecular formula is C13H26N2OS. The first kappa shape index (κ1) is 14.8. The Morgan fingerprint density at radius 3 is 2.59 bits per heavy atom. The summed E-state index contributed by atoms with van der Waals surface area (Å²) in [5.41, 5.74) is -0.115. The Labute approximate surface area is 109 Å². The number of carbonyl (C=O) groups is 1. The Hall–Kier alpha value is -0.220. The third-order valence-electron chi connectivity index (χ3n) is 3.67. The smallest absolute Gasteiger partial charge is 0.226 e. The van der Waals surface area contributed by atoms with Crippen molar-refractivity contribution in [2.45, 2.75) is 46.1 Å². The molecule has 100 valence electrons. The summed E-state index contributed by atoms with van der Waals surface area (Å²) in [7, 11) is 0. The van der Waals surface area contributed by atoms with Crippen LogP contribution in [0.15, 0.2) is 0 Å². The highest BCUT2D eigenvalue weighted by Gasteiger charge is 2.37. The van der Waals surface area contributed by atoms with E-state index in [9.17, 15) is 4.79 Å². The first-order chi connectivity index (χ1) is 8.14. The normalized spacial score (nSPS) is 20.9. The maximum atomic E-state index is 12.4. The van der Waals surface area contributed by atoms with Crippen molar-refractivity contribution in [3.63, 3.8) is 0 Å². The maximum absolute atomic E-state index is 12.4. The monoisotopic (exact) mass is 258 g/mol. The summed E-state index contributed by atoms with van der Waals surface area (Å²) in [4.78, 5) is 12.4. The number of piperidine rings is 1. The zero-order valence-electron chi connectivity index (χ0n) is 11.3. The lowest BCUT2D eigenvalue weighted by molar-refractivity contribution is -0.133. The highest BCUT2D eigenvalue weighted by molar-refractivity contribution is 7.99. The Bertz CT molecular complexity index is 240. The van der Waals surface area contributed by atoms with E-state index in [1.54, 1.807) is 0 Å². The molecule has 0 aliphatic carbocycles. The first-order valence-electron chi connectivity index (χ1n) is 6.74. The molecule has 1 amide bonds. The van der Waals surface area contributed by atoms with Crippen LogP contribution in [0, 0.1) is 5.41 Å². The van der Waals surface area contributed by atoms with E-state index in [2.05, 4.69) is 31.4 Å². The van der Waals surface area contributed by atoms with Crippen molar-refractivity contribution < 1.29 is 4.79 Å². The maximum Gasteiger partial charge on any atom is 0.226 e. The molecule has 1 aliphatic rings. The molecule has 0 aromatic carbocycles. The molecule has 17 heavy (non-hydrogen) atoms. The largest absolute Gasteiger partial charge is 0.352 e. The summed E-state index contributed by atoms with van der Waals surface area (Å²) >= 11 is 1.88. The van der Waals surface area contributed by atoms with E-state index in [-0.39, 0.29) is 17.4 Å². The minimum atomic E-state index is -0.115. The van der Waals surface area contributed by atoms with Gasteiger partial charge in [-0.25, -0.2) is 0 Å². The Morgan fingerprint density at radius 2 is 2.06 bits per heavy atom. The van der Waals surface area contributed by atoms with Gasteiger partial charge in [0.05, 0.1) is 5.41 Å². The molecule has 0 saturated carbocycles. The van der Waals surface area contributed by atoms with Gasteiger partial charge in [0.1, 0.15) is 0 Å². The fourth-order valence-electron chi connectivity index (χ4n) is 2.36. The molecule has 2 N–H and O–H groups in total. The van der Waals surface area contributed by atoms with Crippen LogP contribution >= 0.6 is 11.8 Å². The molecule has 1 unspecified atom stereocenters. The third-order valence-corrected chi connectivity index (χ3v) is 4.81. The van der Waals surface area contributed by atoms with Crippen molar-refractivity contribution >= 4 is 17.7 Å². The number of amides is 1. The van der Waals surface area contributed by atoms with Gasteiger partial charge in [0, 0.05) is 11.8 Å². The van der Waals surface area contributed by atoms with E-state index in [1.807, 2.05) is 11.8 Å². The molecule has 1 atom stereocenters. The summed E-state index contributed by atoms with van der Waals surface area (Å²) < 4.78 is 0. The molecular weight excluding hydrogens is 232 g/mol. The van der Waals surface area contributed by atoms with Crippen molar-refractivity contribution in [1.29, 1.82) is 0 Å². The second-order valence-electron chi connectivity index (χ2n) is 4.92. The molecule has 0 bridgehead atoms. The first-order valence-corrected chi connectivity index (χ1v) is 7.89. The van der Waals surface area contributed by atoms with Crippen LogP contribution in [0.4, 0.5) is 0 Å². The van der Waals surface area contributed by atoms with Crippen LogP contribution in [0.5, 0.6) is 0 Å². The fraction of sp³-hybridized carbons (Fsp3) is 0.923. The Morgan fingerprint density at radius 1 is 1.41 bits per heavy atom. The molecule has 1 heterocycles. The van der Waals surface area contributed by atoms with Crippen molar-refractivity contribution in [2.75, 3.05) is 24.6 Å². The number of rotatable bonds is 6. The topological polar surface area (TPSA) is 41.1 Å². The average Bonchev–Trinajstić information content (AvgIpc) is 2.37. The predicted octanol–water partition coefficient (Wildman–Crippen LogP) is 2.02. The lowest BCUT2D eigenvalue weighted by Crippen LogP contribution is -2.50. The fourth-order valence-corrected chi connectivity index (χ4v) is 3.03. The van der Waals surface area contributed by atoms with Gasteiger partial charge in [-0.3, -0.25) is 4.79 Å². The minimum absolute atomic E-state index is 0.115. The van der Waals surface area contributed by atoms with Gasteiger partial charge in [-0.05, 0) is 45.0 Å². The van der Waals surface area contributed by atoms with Crippen LogP contribution in [0.1, 0.15) is 40.0 Å². The number of hydrogen-bond donors (Lipinski definition) is 2. The minimum Gasteiger partial charge on any atom is -0.352 e. The zero-order chi connectivity index (χ0) is 12.7. The van der Waals surface area contributed by atoms with E-state index in [0.717, 1.165) is 43.9 Å². The summed E-state index contributed by atoms with van der Waals surface area (Å²) in [5.74, 6) is 2.40. The number of nitrogens with one attached hydrogen (secondary N) is 2. The summed E-state index contributed by atoms with van der Waals surface area (Å²) in [6.07, 6.45) is 2.90. The van der Waals surface area contributed by atoms with Gasteiger partial charge in [0.15, 0.2) is 0 Å². The van der Waals surface area contributed by atoms with Crippen LogP contribution in [0.3, 0.4) is 0 Å². The standard InChI is InChI=1S/C13H26N2OS/c1-4-13(6-8-14-9-7-13)12(16)15-11(3)10-17-5-2/h11,14H,4-10H2,1-3H3,(H,15,16). The highest BCUT2D eigenvalue weighted by atomic mass is 32.2. The summed E-state index contributed by atoms with van der Waals surface area (Å²) in [6, 6.07) is 0.283. The van der Waals surface area contributed by atoms with Crippen molar-refractivity contribution in [3.8, 4) is 0 Å². The molecule has 4 heteroatoms. The molecule has 0 spiro atoms. The van der Waals surface area contributed by atoms with Crippen LogP contribution in [-0.2, 0) is 4.79 Å². The van der Waals surface area contributed by atoms with Gasteiger partial charge in [-0.15, -0.1) is 0 Å². The lowest BCUT2D eigenvalue weighted by Gasteiger charge is -2.36. The van der Waals surface area contributed by atoms with E-state index in [0.29, 0.717) is 0 Å². The second kappa shape index (κ2) is 7.27. The van der Waals surface area contributed by atoms with Crippen molar-refractivity contribution in [1.82, 2.24) is 10.6 Å². The van der Waals surface area contributed by atoms with Crippen LogP contribution < -0.4 is 10.6 Å². The zero-order valence-corrected chi connectivity index (χ0v) is 12.2. The number of carbonyl (C=O) groups excluding carboxylic acids is 1. The van der Waals surface area contributed by atoms with Gasteiger partial charge >= 0.3 is 0 Å². The van der Waals surface area contributed by atoms with E-state index in [4.69, 9.17) is 0 Å². The van der Waals surface area contributed by atoms with Gasteiger partial charge in [0.25, 0.3) is 0 Å². The van der Waals surface area contributed by atoms with E-state index in [1.165, 1.54) is 0 Å². The van der Waals surface area contributed by atoms with Gasteiger partial charge < -0.3 is 10.6 Å². The molecule has 1 saturated heterocycles. The van der Waals surface area contributed by atoms with Crippen LogP contribution in [0.25, 0.3) is 0 Å². The van der Waals surface area contributed by atoms with Gasteiger partial charge in [-0.1, -0.05) is 13.8 Å². The van der Waals surface area contributed by atoms with Crippen LogP contribution in [0.2, 0.25) is 0 Å². The highest BCUT2D eigenvalue weighted by Crippen LogP contribution is 2.32. The summed E-state index contributed by atoms with van der Waals surface area (Å²) in [5, 5.41) is 6.52. The predicted molar refractivity (Wildman–Crippen MR) is 75.4 cm³/mol. The summed E-state index contributed by atoms with van der Waals surface area (Å²) in [6.45, 7) is 8.33. The van der Waals surface area contributed by atoms with Crippen molar-refractivity contribution in [2.24, 2.45) is 5.41 Å². The molecule has 3 nitrogen and oxygen atoms in total. The third kappa shape index (κ3) is 4.18. The quantitative estimate of drug-likeness (QED) is 0.766. The molecule has 1 rings (SSSR count). The number of hydrogen-bond acceptors (Lipinski definition) is 3. The molecule has 1 aliphatic heterocycles. The molecule has 0 aromatic heterocycles. The average molecular weight is 258 g/mol. The number of thioether (sulfide) groups is 1. The Balaban J connectivity index is 2.48. The lowest BCUT2D eigenvalue weighted by atomic mass is 9.75. The van der Waals surface area contributed by atoms with Crippen molar-refractivity contribution in [3.05, 3.63) is 0 Å².